The summed E-state index contributed by atoms with van der Waals surface area (Å²) in [4.78, 5) is 41.5. The van der Waals surface area contributed by atoms with Crippen LogP contribution < -0.4 is 15.4 Å². The molecule has 0 fully saturated rings. The van der Waals surface area contributed by atoms with E-state index in [2.05, 4.69) is 10.6 Å². The first-order valence-corrected chi connectivity index (χ1v) is 9.93. The molecule has 1 aromatic carbocycles. The van der Waals surface area contributed by atoms with Crippen molar-refractivity contribution in [2.75, 3.05) is 20.7 Å². The molecule has 162 valence electrons. The highest BCUT2D eigenvalue weighted by Crippen LogP contribution is 2.36. The molecule has 0 unspecified atom stereocenters. The van der Waals surface area contributed by atoms with E-state index < -0.39 is 12.1 Å². The number of carbonyl (C=O) groups excluding carboxylic acids is 3. The maximum Gasteiger partial charge on any atom is 0.322 e. The van der Waals surface area contributed by atoms with Gasteiger partial charge in [-0.05, 0) is 36.8 Å². The average Bonchev–Trinajstić information content (AvgIpc) is 3.42. The van der Waals surface area contributed by atoms with Crippen molar-refractivity contribution in [1.29, 1.82) is 0 Å². The number of hydrogen-bond donors (Lipinski definition) is 2. The highest BCUT2D eigenvalue weighted by molar-refractivity contribution is 6.03. The molecular weight excluding hydrogens is 400 g/mol. The average molecular weight is 424 g/mol. The number of urea groups is 1. The molecule has 2 atom stereocenters. The van der Waals surface area contributed by atoms with Gasteiger partial charge >= 0.3 is 6.03 Å². The lowest BCUT2D eigenvalue weighted by atomic mass is 9.95. The van der Waals surface area contributed by atoms with Gasteiger partial charge in [0.2, 0.25) is 5.91 Å². The van der Waals surface area contributed by atoms with Gasteiger partial charge in [0.1, 0.15) is 17.6 Å². The van der Waals surface area contributed by atoms with Crippen LogP contribution in [0.2, 0.25) is 0 Å². The van der Waals surface area contributed by atoms with Crippen LogP contribution in [-0.4, -0.2) is 54.4 Å². The Kier molecular flexibility index (Phi) is 5.41. The molecule has 4 rings (SSSR count). The molecule has 0 aliphatic carbocycles. The zero-order valence-electron chi connectivity index (χ0n) is 17.5. The molecule has 0 spiro atoms. The molecular formula is C22H24N4O5. The van der Waals surface area contributed by atoms with Crippen LogP contribution in [0.15, 0.2) is 58.3 Å². The standard InChI is InChI=1S/C22H24N4O5/c1-13(20(27)23-11-16-5-4-10-31-16)26-12-17-18(21(26)28)19(24-22(29)25(17)2)14-6-8-15(30-3)9-7-14/h4-10,13,19H,11-12H2,1-3H3,(H,23,27)(H,24,29)/t13-,19+/m0/s1. The van der Waals surface area contributed by atoms with Crippen LogP contribution in [0.3, 0.4) is 0 Å². The monoisotopic (exact) mass is 424 g/mol. The molecule has 1 aromatic heterocycles. The number of nitrogens with zero attached hydrogens (tertiary/aromatic N) is 2. The van der Waals surface area contributed by atoms with Crippen LogP contribution in [0.1, 0.15) is 24.3 Å². The summed E-state index contributed by atoms with van der Waals surface area (Å²) in [6, 6.07) is 9.08. The van der Waals surface area contributed by atoms with E-state index in [-0.39, 0.29) is 30.9 Å². The third-order valence-electron chi connectivity index (χ3n) is 5.70. The quantitative estimate of drug-likeness (QED) is 0.736. The largest absolute Gasteiger partial charge is 0.497 e. The van der Waals surface area contributed by atoms with Gasteiger partial charge in [0.05, 0.1) is 43.8 Å². The molecule has 2 aliphatic heterocycles. The Balaban J connectivity index is 1.55. The number of likely N-dealkylation sites (N-methyl/N-ethyl adjacent to an activating group) is 1. The van der Waals surface area contributed by atoms with E-state index in [1.54, 1.807) is 45.3 Å². The lowest BCUT2D eigenvalue weighted by Gasteiger charge is -2.31. The minimum Gasteiger partial charge on any atom is -0.497 e. The number of carbonyl (C=O) groups is 3. The number of methoxy groups -OCH3 is 1. The maximum atomic E-state index is 13.3. The van der Waals surface area contributed by atoms with Crippen LogP contribution in [0.5, 0.6) is 5.75 Å². The second-order valence-electron chi connectivity index (χ2n) is 7.48. The fourth-order valence-electron chi connectivity index (χ4n) is 3.82. The Labute approximate surface area is 179 Å². The van der Waals surface area contributed by atoms with Gasteiger partial charge in [0, 0.05) is 7.05 Å². The summed E-state index contributed by atoms with van der Waals surface area (Å²) in [6.07, 6.45) is 1.53. The fourth-order valence-corrected chi connectivity index (χ4v) is 3.82. The molecule has 9 heteroatoms. The first kappa shape index (κ1) is 20.5. The Morgan fingerprint density at radius 3 is 2.68 bits per heavy atom. The predicted molar refractivity (Wildman–Crippen MR) is 111 cm³/mol. The first-order valence-electron chi connectivity index (χ1n) is 9.93. The number of hydrogen-bond acceptors (Lipinski definition) is 5. The van der Waals surface area contributed by atoms with Gasteiger partial charge in [-0.3, -0.25) is 14.5 Å². The molecule has 0 saturated heterocycles. The topological polar surface area (TPSA) is 104 Å². The molecule has 0 radical (unpaired) electrons. The van der Waals surface area contributed by atoms with Crippen LogP contribution >= 0.6 is 0 Å². The summed E-state index contributed by atoms with van der Waals surface area (Å²) in [6.45, 7) is 2.09. The zero-order valence-corrected chi connectivity index (χ0v) is 17.5. The summed E-state index contributed by atoms with van der Waals surface area (Å²) in [7, 11) is 3.19. The Hall–Kier alpha value is -3.75. The molecule has 4 amide bonds. The highest BCUT2D eigenvalue weighted by atomic mass is 16.5. The molecule has 0 bridgehead atoms. The first-order chi connectivity index (χ1) is 14.9. The summed E-state index contributed by atoms with van der Waals surface area (Å²) >= 11 is 0. The van der Waals surface area contributed by atoms with Crippen LogP contribution in [0.4, 0.5) is 4.79 Å². The van der Waals surface area contributed by atoms with Crippen LogP contribution in [0.25, 0.3) is 0 Å². The maximum absolute atomic E-state index is 13.3. The zero-order chi connectivity index (χ0) is 22.1. The van der Waals surface area contributed by atoms with Gasteiger partial charge in [0.15, 0.2) is 0 Å². The Morgan fingerprint density at radius 2 is 2.03 bits per heavy atom. The van der Waals surface area contributed by atoms with Crippen molar-refractivity contribution in [1.82, 2.24) is 20.4 Å². The van der Waals surface area contributed by atoms with Crippen LogP contribution in [-0.2, 0) is 16.1 Å². The summed E-state index contributed by atoms with van der Waals surface area (Å²) in [5.41, 5.74) is 1.83. The van der Waals surface area contributed by atoms with E-state index in [1.807, 2.05) is 12.1 Å². The van der Waals surface area contributed by atoms with Gasteiger partial charge in [-0.2, -0.15) is 0 Å². The number of ether oxygens (including phenoxy) is 1. The SMILES string of the molecule is COc1ccc([C@H]2NC(=O)N(C)C3=C2C(=O)N([C@@H](C)C(=O)NCc2ccco2)C3)cc1. The van der Waals surface area contributed by atoms with Crippen molar-refractivity contribution in [2.24, 2.45) is 0 Å². The third kappa shape index (κ3) is 3.74. The van der Waals surface area contributed by atoms with Crippen molar-refractivity contribution >= 4 is 17.8 Å². The molecule has 2 aromatic rings. The smallest absolute Gasteiger partial charge is 0.322 e. The highest BCUT2D eigenvalue weighted by Gasteiger charge is 2.45. The molecule has 0 saturated carbocycles. The summed E-state index contributed by atoms with van der Waals surface area (Å²) < 4.78 is 10.4. The lowest BCUT2D eigenvalue weighted by Crippen LogP contribution is -2.46. The molecule has 9 nitrogen and oxygen atoms in total. The summed E-state index contributed by atoms with van der Waals surface area (Å²) in [5.74, 6) is 0.731. The van der Waals surface area contributed by atoms with Crippen molar-refractivity contribution in [3.8, 4) is 5.75 Å². The number of furan rings is 1. The lowest BCUT2D eigenvalue weighted by molar-refractivity contribution is -0.135. The van der Waals surface area contributed by atoms with Crippen molar-refractivity contribution < 1.29 is 23.5 Å². The van der Waals surface area contributed by atoms with Crippen LogP contribution in [0, 0.1) is 0 Å². The molecule has 2 aliphatic rings. The second kappa shape index (κ2) is 8.17. The van der Waals surface area contributed by atoms with Crippen molar-refractivity contribution in [3.63, 3.8) is 0 Å². The number of benzene rings is 1. The fraction of sp³-hybridized carbons (Fsp3) is 0.318. The Bertz CT molecular complexity index is 1030. The van der Waals surface area contributed by atoms with Crippen molar-refractivity contribution in [3.05, 3.63) is 65.3 Å². The Morgan fingerprint density at radius 1 is 1.29 bits per heavy atom. The van der Waals surface area contributed by atoms with Gasteiger partial charge in [-0.1, -0.05) is 12.1 Å². The van der Waals surface area contributed by atoms with Gasteiger partial charge in [0.25, 0.3) is 5.91 Å². The number of rotatable bonds is 6. The molecule has 3 heterocycles. The van der Waals surface area contributed by atoms with E-state index in [4.69, 9.17) is 9.15 Å². The van der Waals surface area contributed by atoms with E-state index in [1.165, 1.54) is 16.1 Å². The molecule has 2 N–H and O–H groups in total. The van der Waals surface area contributed by atoms with Gasteiger partial charge in [-0.25, -0.2) is 4.79 Å². The molecule has 31 heavy (non-hydrogen) atoms. The van der Waals surface area contributed by atoms with E-state index in [9.17, 15) is 14.4 Å². The third-order valence-corrected chi connectivity index (χ3v) is 5.70. The van der Waals surface area contributed by atoms with E-state index in [0.717, 1.165) is 5.56 Å². The number of amides is 4. The predicted octanol–water partition coefficient (Wildman–Crippen LogP) is 1.79. The minimum absolute atomic E-state index is 0.181. The van der Waals surface area contributed by atoms with E-state index >= 15 is 0 Å². The minimum atomic E-state index is -0.715. The van der Waals surface area contributed by atoms with Gasteiger partial charge in [-0.15, -0.1) is 0 Å². The number of nitrogens with one attached hydrogen (secondary N) is 2. The van der Waals surface area contributed by atoms with Crippen molar-refractivity contribution in [2.45, 2.75) is 25.6 Å². The van der Waals surface area contributed by atoms with Gasteiger partial charge < -0.3 is 24.7 Å². The normalized spacial score (nSPS) is 19.3. The summed E-state index contributed by atoms with van der Waals surface area (Å²) in [5, 5.41) is 5.67. The van der Waals surface area contributed by atoms with E-state index in [0.29, 0.717) is 22.8 Å². The second-order valence-corrected chi connectivity index (χ2v) is 7.48.